The summed E-state index contributed by atoms with van der Waals surface area (Å²) in [5.41, 5.74) is 16.4. The number of nitrogens with zero attached hydrogens (tertiary/aromatic N) is 2. The fraction of sp³-hybridized carbons (Fsp3) is 0.432. The molecular formula is C37H48N6O5. The van der Waals surface area contributed by atoms with E-state index < -0.39 is 6.04 Å². The van der Waals surface area contributed by atoms with Gasteiger partial charge in [-0.2, -0.15) is 0 Å². The van der Waals surface area contributed by atoms with Crippen molar-refractivity contribution in [3.8, 4) is 5.75 Å². The molecule has 0 aliphatic carbocycles. The quantitative estimate of drug-likeness (QED) is 0.305. The van der Waals surface area contributed by atoms with Gasteiger partial charge >= 0.3 is 0 Å². The van der Waals surface area contributed by atoms with Crippen LogP contribution in [0.1, 0.15) is 66.3 Å². The number of pyridine rings is 1. The molecule has 2 aromatic carbocycles. The molecule has 11 heteroatoms. The molecular weight excluding hydrogens is 608 g/mol. The Labute approximate surface area is 282 Å². The predicted octanol–water partition coefficient (Wildman–Crippen LogP) is 3.53. The molecule has 2 aliphatic rings. The van der Waals surface area contributed by atoms with E-state index in [-0.39, 0.29) is 42.9 Å². The summed E-state index contributed by atoms with van der Waals surface area (Å²) in [6.45, 7) is 6.29. The van der Waals surface area contributed by atoms with Gasteiger partial charge in [0.25, 0.3) is 0 Å². The number of rotatable bonds is 5. The van der Waals surface area contributed by atoms with Crippen molar-refractivity contribution in [3.63, 3.8) is 0 Å². The van der Waals surface area contributed by atoms with Crippen LogP contribution in [0.5, 0.6) is 5.75 Å². The molecule has 256 valence electrons. The van der Waals surface area contributed by atoms with Crippen LogP contribution in [-0.2, 0) is 38.6 Å². The molecule has 48 heavy (non-hydrogen) atoms. The summed E-state index contributed by atoms with van der Waals surface area (Å²) >= 11 is 0. The molecule has 1 saturated heterocycles. The van der Waals surface area contributed by atoms with E-state index in [1.54, 1.807) is 18.5 Å². The van der Waals surface area contributed by atoms with Gasteiger partial charge in [0, 0.05) is 50.6 Å². The van der Waals surface area contributed by atoms with Gasteiger partial charge in [-0.15, -0.1) is 0 Å². The summed E-state index contributed by atoms with van der Waals surface area (Å²) in [5, 5.41) is 5.86. The molecule has 4 amide bonds. The van der Waals surface area contributed by atoms with Gasteiger partial charge < -0.3 is 31.7 Å². The largest absolute Gasteiger partial charge is 0.494 e. The molecule has 3 aromatic rings. The van der Waals surface area contributed by atoms with Crippen molar-refractivity contribution in [2.45, 2.75) is 77.8 Å². The highest BCUT2D eigenvalue weighted by Gasteiger charge is 2.26. The number of hydrogen-bond acceptors (Lipinski definition) is 7. The molecule has 0 spiro atoms. The van der Waals surface area contributed by atoms with E-state index >= 15 is 0 Å². The lowest BCUT2D eigenvalue weighted by molar-refractivity contribution is -0.135. The smallest absolute Gasteiger partial charge is 0.242 e. The first-order chi connectivity index (χ1) is 23.1. The third-order valence-corrected chi connectivity index (χ3v) is 8.86. The Morgan fingerprint density at radius 3 is 2.54 bits per heavy atom. The van der Waals surface area contributed by atoms with E-state index in [0.717, 1.165) is 59.4 Å². The number of piperidine rings is 1. The maximum Gasteiger partial charge on any atom is 0.242 e. The second kappa shape index (κ2) is 17.8. The van der Waals surface area contributed by atoms with E-state index in [1.165, 1.54) is 0 Å². The number of benzene rings is 2. The monoisotopic (exact) mass is 656 g/mol. The Morgan fingerprint density at radius 2 is 1.79 bits per heavy atom. The Morgan fingerprint density at radius 1 is 1.00 bits per heavy atom. The summed E-state index contributed by atoms with van der Waals surface area (Å²) in [4.78, 5) is 55.2. The van der Waals surface area contributed by atoms with Crippen LogP contribution in [0.3, 0.4) is 0 Å². The standard InChI is InChI=1S/C28H36N4O4.C9H12N2O/c1-20-4-6-24-17-23(20)18-30-28(35)25(7-5-21-10-13-29-14-11-21)31-26(33)8-9-27(34)32-15-2-3-22(19-32)12-16-36-24;1-6-4-8(10)3-2-7(6)5-9(11)12/h4,6,10-11,13-14,17,22,25H,2-3,5,7-9,12,15-16,18-19H2,1H3,(H,30,35)(H,31,33);2-4H,5,10H2,1H3,(H2,11,12). The highest BCUT2D eigenvalue weighted by molar-refractivity contribution is 5.89. The average molecular weight is 657 g/mol. The van der Waals surface area contributed by atoms with Gasteiger partial charge in [-0.1, -0.05) is 12.1 Å². The minimum absolute atomic E-state index is 0.00199. The van der Waals surface area contributed by atoms with Gasteiger partial charge in [0.2, 0.25) is 23.6 Å². The minimum atomic E-state index is -0.696. The molecule has 3 heterocycles. The number of nitrogens with one attached hydrogen (secondary N) is 2. The normalized spacial score (nSPS) is 19.0. The SMILES string of the molecule is Cc1cc(N)ccc1CC(N)=O.Cc1ccc2cc1CNC(=O)C(CCc1ccncc1)NC(=O)CCC(=O)N1CCCC(CCO2)C1. The van der Waals surface area contributed by atoms with Crippen LogP contribution in [0.4, 0.5) is 5.69 Å². The van der Waals surface area contributed by atoms with Crippen molar-refractivity contribution >= 4 is 29.3 Å². The Hall–Kier alpha value is -4.93. The lowest BCUT2D eigenvalue weighted by atomic mass is 9.95. The van der Waals surface area contributed by atoms with E-state index in [2.05, 4.69) is 15.6 Å². The Balaban J connectivity index is 0.000000365. The fourth-order valence-corrected chi connectivity index (χ4v) is 5.98. The fourth-order valence-electron chi connectivity index (χ4n) is 5.98. The molecule has 2 unspecified atom stereocenters. The van der Waals surface area contributed by atoms with Crippen LogP contribution >= 0.6 is 0 Å². The second-order valence-electron chi connectivity index (χ2n) is 12.6. The number of aryl methyl sites for hydroxylation is 3. The predicted molar refractivity (Wildman–Crippen MR) is 185 cm³/mol. The zero-order valence-electron chi connectivity index (χ0n) is 28.0. The number of hydrogen-bond donors (Lipinski definition) is 4. The van der Waals surface area contributed by atoms with Crippen molar-refractivity contribution in [3.05, 3.63) is 88.7 Å². The van der Waals surface area contributed by atoms with Crippen LogP contribution in [0.15, 0.2) is 60.9 Å². The lowest BCUT2D eigenvalue weighted by Crippen LogP contribution is -2.47. The van der Waals surface area contributed by atoms with Gasteiger partial charge in [-0.3, -0.25) is 24.2 Å². The Bertz CT molecular complexity index is 1560. The molecule has 5 rings (SSSR count). The number of nitrogen functional groups attached to an aromatic ring is 1. The van der Waals surface area contributed by atoms with Gasteiger partial charge in [-0.05, 0) is 116 Å². The molecule has 11 nitrogen and oxygen atoms in total. The van der Waals surface area contributed by atoms with Crippen LogP contribution < -0.4 is 26.8 Å². The minimum Gasteiger partial charge on any atom is -0.494 e. The summed E-state index contributed by atoms with van der Waals surface area (Å²) in [7, 11) is 0. The lowest BCUT2D eigenvalue weighted by Gasteiger charge is -2.33. The Kier molecular flexibility index (Phi) is 13.3. The van der Waals surface area contributed by atoms with Crippen molar-refractivity contribution in [2.24, 2.45) is 11.7 Å². The van der Waals surface area contributed by atoms with Gasteiger partial charge in [0.05, 0.1) is 13.0 Å². The average Bonchev–Trinajstić information content (AvgIpc) is 3.07. The number of carbonyl (C=O) groups excluding carboxylic acids is 4. The first-order valence-electron chi connectivity index (χ1n) is 16.7. The molecule has 0 saturated carbocycles. The van der Waals surface area contributed by atoms with Crippen molar-refractivity contribution in [2.75, 3.05) is 25.4 Å². The molecule has 6 N–H and O–H groups in total. The van der Waals surface area contributed by atoms with Crippen molar-refractivity contribution in [1.82, 2.24) is 20.5 Å². The summed E-state index contributed by atoms with van der Waals surface area (Å²) in [5.74, 6) is 0.337. The molecule has 0 radical (unpaired) electrons. The van der Waals surface area contributed by atoms with Gasteiger partial charge in [0.15, 0.2) is 0 Å². The summed E-state index contributed by atoms with van der Waals surface area (Å²) in [6.07, 6.45) is 7.93. The second-order valence-corrected chi connectivity index (χ2v) is 12.6. The van der Waals surface area contributed by atoms with Crippen LogP contribution in [0.2, 0.25) is 0 Å². The van der Waals surface area contributed by atoms with E-state index in [4.69, 9.17) is 16.2 Å². The third kappa shape index (κ3) is 11.4. The molecule has 2 atom stereocenters. The molecule has 4 bridgehead atoms. The zero-order valence-corrected chi connectivity index (χ0v) is 28.0. The molecule has 2 aliphatic heterocycles. The highest BCUT2D eigenvalue weighted by Crippen LogP contribution is 2.23. The first-order valence-corrected chi connectivity index (χ1v) is 16.7. The topological polar surface area (TPSA) is 170 Å². The maximum atomic E-state index is 13.1. The highest BCUT2D eigenvalue weighted by atomic mass is 16.5. The number of fused-ring (bicyclic) bond motifs is 4. The summed E-state index contributed by atoms with van der Waals surface area (Å²) in [6, 6.07) is 14.5. The van der Waals surface area contributed by atoms with Gasteiger partial charge in [0.1, 0.15) is 11.8 Å². The van der Waals surface area contributed by atoms with E-state index in [1.807, 2.05) is 61.2 Å². The van der Waals surface area contributed by atoms with E-state index in [0.29, 0.717) is 44.1 Å². The van der Waals surface area contributed by atoms with Crippen LogP contribution in [-0.4, -0.2) is 59.3 Å². The van der Waals surface area contributed by atoms with Crippen LogP contribution in [0.25, 0.3) is 0 Å². The third-order valence-electron chi connectivity index (χ3n) is 8.86. The number of ether oxygens (including phenoxy) is 1. The number of primary amides is 1. The number of amides is 4. The maximum absolute atomic E-state index is 13.1. The number of nitrogens with two attached hydrogens (primary N) is 2. The van der Waals surface area contributed by atoms with Crippen molar-refractivity contribution < 1.29 is 23.9 Å². The zero-order chi connectivity index (χ0) is 34.5. The van der Waals surface area contributed by atoms with Crippen LogP contribution in [0, 0.1) is 19.8 Å². The number of anilines is 1. The van der Waals surface area contributed by atoms with E-state index in [9.17, 15) is 19.2 Å². The van der Waals surface area contributed by atoms with Gasteiger partial charge in [-0.25, -0.2) is 0 Å². The first kappa shape index (κ1) is 35.9. The number of carbonyl (C=O) groups is 4. The van der Waals surface area contributed by atoms with Crippen molar-refractivity contribution in [1.29, 1.82) is 0 Å². The molecule has 1 fully saturated rings. The summed E-state index contributed by atoms with van der Waals surface area (Å²) < 4.78 is 6.04. The number of aromatic nitrogens is 1. The molecule has 1 aromatic heterocycles.